The molecule has 0 heterocycles. The molecule has 1 aromatic carbocycles. The Morgan fingerprint density at radius 1 is 1.21 bits per heavy atom. The first-order chi connectivity index (χ1) is 9.04. The van der Waals surface area contributed by atoms with Crippen LogP contribution in [-0.4, -0.2) is 24.4 Å². The lowest BCUT2D eigenvalue weighted by Crippen LogP contribution is -2.38. The second kappa shape index (κ2) is 6.26. The first-order valence-corrected chi connectivity index (χ1v) is 6.80. The van der Waals surface area contributed by atoms with E-state index in [1.807, 2.05) is 0 Å². The third-order valence-electron chi connectivity index (χ3n) is 2.75. The number of carbonyl (C=O) groups is 2. The summed E-state index contributed by atoms with van der Waals surface area (Å²) in [5, 5.41) is 6.37. The number of benzene rings is 1. The minimum atomic E-state index is -0.255. The quantitative estimate of drug-likeness (QED) is 0.873. The van der Waals surface area contributed by atoms with Gasteiger partial charge in [0.05, 0.1) is 13.0 Å². The van der Waals surface area contributed by atoms with E-state index in [0.29, 0.717) is 21.7 Å². The van der Waals surface area contributed by atoms with E-state index in [1.165, 1.54) is 0 Å². The summed E-state index contributed by atoms with van der Waals surface area (Å²) in [6.07, 6.45) is 2.16. The Morgan fingerprint density at radius 2 is 1.95 bits per heavy atom. The minimum Gasteiger partial charge on any atom is -0.352 e. The molecule has 6 heteroatoms. The van der Waals surface area contributed by atoms with Gasteiger partial charge in [-0.3, -0.25) is 9.59 Å². The van der Waals surface area contributed by atoms with Crippen LogP contribution in [0.1, 0.15) is 18.4 Å². The second-order valence-electron chi connectivity index (χ2n) is 4.53. The fraction of sp³-hybridized carbons (Fsp3) is 0.385. The van der Waals surface area contributed by atoms with Gasteiger partial charge in [-0.15, -0.1) is 0 Å². The van der Waals surface area contributed by atoms with Crippen molar-refractivity contribution >= 4 is 35.0 Å². The second-order valence-corrected chi connectivity index (χ2v) is 5.37. The topological polar surface area (TPSA) is 58.2 Å². The molecule has 0 aromatic heterocycles. The number of halogens is 2. The minimum absolute atomic E-state index is 0.00643. The number of amides is 2. The van der Waals surface area contributed by atoms with Gasteiger partial charge < -0.3 is 10.6 Å². The highest BCUT2D eigenvalue weighted by Crippen LogP contribution is 2.21. The third kappa shape index (κ3) is 4.73. The predicted molar refractivity (Wildman–Crippen MR) is 74.3 cm³/mol. The van der Waals surface area contributed by atoms with Crippen molar-refractivity contribution in [1.82, 2.24) is 10.6 Å². The normalized spacial score (nSPS) is 14.0. The van der Waals surface area contributed by atoms with Crippen molar-refractivity contribution in [3.63, 3.8) is 0 Å². The molecule has 0 bridgehead atoms. The first kappa shape index (κ1) is 14.2. The highest BCUT2D eigenvalue weighted by atomic mass is 35.5. The van der Waals surface area contributed by atoms with Gasteiger partial charge in [-0.25, -0.2) is 0 Å². The SMILES string of the molecule is O=C(Cc1cc(Cl)ccc1Cl)NCC(=O)NC1CC1. The van der Waals surface area contributed by atoms with Crippen molar-refractivity contribution in [2.75, 3.05) is 6.54 Å². The molecule has 102 valence electrons. The lowest BCUT2D eigenvalue weighted by atomic mass is 10.1. The zero-order valence-electron chi connectivity index (χ0n) is 10.2. The van der Waals surface area contributed by atoms with Gasteiger partial charge >= 0.3 is 0 Å². The summed E-state index contributed by atoms with van der Waals surface area (Å²) >= 11 is 11.8. The standard InChI is InChI=1S/C13H14Cl2N2O2/c14-9-1-4-11(15)8(5-9)6-12(18)16-7-13(19)17-10-2-3-10/h1,4-5,10H,2-3,6-7H2,(H,16,18)(H,17,19). The average molecular weight is 301 g/mol. The van der Waals surface area contributed by atoms with Crippen LogP contribution in [0.15, 0.2) is 18.2 Å². The monoisotopic (exact) mass is 300 g/mol. The number of hydrogen-bond donors (Lipinski definition) is 2. The molecule has 1 aliphatic rings. The molecule has 2 N–H and O–H groups in total. The predicted octanol–water partition coefficient (Wildman–Crippen LogP) is 1.93. The van der Waals surface area contributed by atoms with Gasteiger partial charge in [-0.1, -0.05) is 23.2 Å². The Hall–Kier alpha value is -1.26. The van der Waals surface area contributed by atoms with Crippen molar-refractivity contribution in [1.29, 1.82) is 0 Å². The van der Waals surface area contributed by atoms with E-state index in [4.69, 9.17) is 23.2 Å². The Kier molecular flexibility index (Phi) is 4.66. The molecule has 1 aromatic rings. The Balaban J connectivity index is 1.79. The fourth-order valence-corrected chi connectivity index (χ4v) is 1.98. The zero-order valence-corrected chi connectivity index (χ0v) is 11.7. The molecule has 1 aliphatic carbocycles. The van der Waals surface area contributed by atoms with E-state index in [9.17, 15) is 9.59 Å². The number of nitrogens with one attached hydrogen (secondary N) is 2. The lowest BCUT2D eigenvalue weighted by molar-refractivity contribution is -0.125. The van der Waals surface area contributed by atoms with Crippen LogP contribution in [0, 0.1) is 0 Å². The highest BCUT2D eigenvalue weighted by Gasteiger charge is 2.23. The van der Waals surface area contributed by atoms with Crippen LogP contribution >= 0.6 is 23.2 Å². The number of hydrogen-bond acceptors (Lipinski definition) is 2. The molecule has 0 spiro atoms. The molecular formula is C13H14Cl2N2O2. The maximum Gasteiger partial charge on any atom is 0.239 e. The molecule has 1 saturated carbocycles. The summed E-state index contributed by atoms with van der Waals surface area (Å²) in [5.74, 6) is -0.414. The van der Waals surface area contributed by atoms with Crippen molar-refractivity contribution < 1.29 is 9.59 Å². The maximum atomic E-state index is 11.7. The van der Waals surface area contributed by atoms with E-state index in [1.54, 1.807) is 18.2 Å². The van der Waals surface area contributed by atoms with Gasteiger partial charge in [0, 0.05) is 16.1 Å². The van der Waals surface area contributed by atoms with Crippen molar-refractivity contribution in [3.05, 3.63) is 33.8 Å². The van der Waals surface area contributed by atoms with Gasteiger partial charge in [0.1, 0.15) is 0 Å². The first-order valence-electron chi connectivity index (χ1n) is 6.04. The Morgan fingerprint density at radius 3 is 2.63 bits per heavy atom. The van der Waals surface area contributed by atoms with Crippen molar-refractivity contribution in [2.45, 2.75) is 25.3 Å². The van der Waals surface area contributed by atoms with E-state index in [2.05, 4.69) is 10.6 Å². The summed E-state index contributed by atoms with van der Waals surface area (Å²) in [6, 6.07) is 5.25. The Bertz CT molecular complexity index is 501. The molecule has 4 nitrogen and oxygen atoms in total. The van der Waals surface area contributed by atoms with E-state index in [-0.39, 0.29) is 24.8 Å². The van der Waals surface area contributed by atoms with Gasteiger partial charge in [-0.05, 0) is 36.6 Å². The van der Waals surface area contributed by atoms with Crippen LogP contribution in [-0.2, 0) is 16.0 Å². The summed E-state index contributed by atoms with van der Waals surface area (Å²) in [7, 11) is 0. The van der Waals surface area contributed by atoms with Crippen LogP contribution in [0.4, 0.5) is 0 Å². The largest absolute Gasteiger partial charge is 0.352 e. The molecule has 1 fully saturated rings. The maximum absolute atomic E-state index is 11.7. The smallest absolute Gasteiger partial charge is 0.239 e. The molecule has 0 radical (unpaired) electrons. The molecule has 0 aliphatic heterocycles. The van der Waals surface area contributed by atoms with Gasteiger partial charge in [0.2, 0.25) is 11.8 Å². The highest BCUT2D eigenvalue weighted by molar-refractivity contribution is 6.33. The summed E-state index contributed by atoms with van der Waals surface area (Å²) in [4.78, 5) is 23.1. The van der Waals surface area contributed by atoms with E-state index < -0.39 is 0 Å². The van der Waals surface area contributed by atoms with Gasteiger partial charge in [0.15, 0.2) is 0 Å². The van der Waals surface area contributed by atoms with Crippen LogP contribution in [0.25, 0.3) is 0 Å². The van der Waals surface area contributed by atoms with E-state index in [0.717, 1.165) is 12.8 Å². The van der Waals surface area contributed by atoms with Crippen LogP contribution in [0.2, 0.25) is 10.0 Å². The van der Waals surface area contributed by atoms with Gasteiger partial charge in [-0.2, -0.15) is 0 Å². The van der Waals surface area contributed by atoms with Crippen LogP contribution in [0.5, 0.6) is 0 Å². The van der Waals surface area contributed by atoms with Crippen LogP contribution < -0.4 is 10.6 Å². The summed E-state index contributed by atoms with van der Waals surface area (Å²) in [5.41, 5.74) is 0.647. The molecule has 19 heavy (non-hydrogen) atoms. The fourth-order valence-electron chi connectivity index (χ4n) is 1.60. The van der Waals surface area contributed by atoms with Crippen LogP contribution in [0.3, 0.4) is 0 Å². The van der Waals surface area contributed by atoms with Crippen molar-refractivity contribution in [3.8, 4) is 0 Å². The molecule has 0 atom stereocenters. The summed E-state index contributed by atoms with van der Waals surface area (Å²) in [6.45, 7) is -0.00643. The molecule has 0 saturated heterocycles. The van der Waals surface area contributed by atoms with E-state index >= 15 is 0 Å². The van der Waals surface area contributed by atoms with Gasteiger partial charge in [0.25, 0.3) is 0 Å². The molecule has 2 amide bonds. The van der Waals surface area contributed by atoms with Crippen molar-refractivity contribution in [2.24, 2.45) is 0 Å². The number of carbonyl (C=O) groups excluding carboxylic acids is 2. The summed E-state index contributed by atoms with van der Waals surface area (Å²) < 4.78 is 0. The molecular weight excluding hydrogens is 287 g/mol. The molecule has 2 rings (SSSR count). The molecule has 0 unspecified atom stereocenters. The Labute approximate surface area is 121 Å². The number of rotatable bonds is 5. The lowest BCUT2D eigenvalue weighted by Gasteiger charge is -2.07. The zero-order chi connectivity index (χ0) is 13.8. The third-order valence-corrected chi connectivity index (χ3v) is 3.35. The average Bonchev–Trinajstić information content (AvgIpc) is 3.15.